The molecule has 0 aromatic carbocycles. The number of hydrogen-bond acceptors (Lipinski definition) is 5. The zero-order valence-corrected chi connectivity index (χ0v) is 14.7. The van der Waals surface area contributed by atoms with Crippen molar-refractivity contribution in [3.05, 3.63) is 17.8 Å². The monoisotopic (exact) mass is 353 g/mol. The highest BCUT2D eigenvalue weighted by Gasteiger charge is 2.31. The number of amides is 2. The second-order valence-electron chi connectivity index (χ2n) is 5.97. The number of urea groups is 1. The zero-order chi connectivity index (χ0) is 16.4. The Morgan fingerprint density at radius 2 is 2.30 bits per heavy atom. The van der Waals surface area contributed by atoms with Gasteiger partial charge in [-0.1, -0.05) is 0 Å². The van der Waals surface area contributed by atoms with Crippen LogP contribution in [-0.4, -0.2) is 53.9 Å². The van der Waals surface area contributed by atoms with Crippen molar-refractivity contribution < 1.29 is 9.00 Å². The zero-order valence-electron chi connectivity index (χ0n) is 13.0. The molecule has 1 atom stereocenters. The Morgan fingerprint density at radius 3 is 3.04 bits per heavy atom. The van der Waals surface area contributed by atoms with E-state index in [2.05, 4.69) is 20.5 Å². The van der Waals surface area contributed by atoms with Crippen LogP contribution in [0.3, 0.4) is 0 Å². The Balaban J connectivity index is 1.71. The molecular weight excluding hydrogens is 334 g/mol. The maximum absolute atomic E-state index is 12.5. The molecule has 2 aromatic rings. The second kappa shape index (κ2) is 6.40. The standard InChI is InChI=1S/C14H19N5O2S2/c1-14(2)3-5-19(6-8-23(14)21)13(20)17-10-9-16-18-11(10)12-15-4-7-22-12/h4,7,9H,3,5-6,8H2,1-2H3,(H,16,18)(H,17,20). The van der Waals surface area contributed by atoms with Crippen LogP contribution in [0, 0.1) is 0 Å². The summed E-state index contributed by atoms with van der Waals surface area (Å²) in [5.74, 6) is 0.505. The average molecular weight is 353 g/mol. The molecule has 0 radical (unpaired) electrons. The van der Waals surface area contributed by atoms with E-state index in [0.717, 1.165) is 11.4 Å². The quantitative estimate of drug-likeness (QED) is 0.867. The molecule has 0 aliphatic carbocycles. The fourth-order valence-corrected chi connectivity index (χ4v) is 4.29. The lowest BCUT2D eigenvalue weighted by molar-refractivity contribution is 0.214. The Bertz CT molecular complexity index is 711. The van der Waals surface area contributed by atoms with E-state index in [4.69, 9.17) is 0 Å². The molecule has 2 aromatic heterocycles. The molecule has 1 unspecified atom stereocenters. The molecule has 1 aliphatic rings. The summed E-state index contributed by atoms with van der Waals surface area (Å²) in [6.45, 7) is 5.06. The van der Waals surface area contributed by atoms with E-state index in [0.29, 0.717) is 30.2 Å². The smallest absolute Gasteiger partial charge is 0.321 e. The van der Waals surface area contributed by atoms with Gasteiger partial charge in [0.15, 0.2) is 0 Å². The van der Waals surface area contributed by atoms with Crippen LogP contribution in [-0.2, 0) is 10.8 Å². The van der Waals surface area contributed by atoms with Crippen LogP contribution in [0.15, 0.2) is 17.8 Å². The number of aromatic amines is 1. The third-order valence-corrected chi connectivity index (χ3v) is 6.74. The highest BCUT2D eigenvalue weighted by Crippen LogP contribution is 2.27. The molecule has 0 bridgehead atoms. The normalized spacial score (nSPS) is 21.0. The van der Waals surface area contributed by atoms with Crippen LogP contribution in [0.4, 0.5) is 10.5 Å². The molecule has 0 spiro atoms. The van der Waals surface area contributed by atoms with Crippen molar-refractivity contribution in [2.24, 2.45) is 0 Å². The van der Waals surface area contributed by atoms with Crippen molar-refractivity contribution in [3.63, 3.8) is 0 Å². The summed E-state index contributed by atoms with van der Waals surface area (Å²) in [4.78, 5) is 18.5. The molecule has 7 nitrogen and oxygen atoms in total. The van der Waals surface area contributed by atoms with Gasteiger partial charge in [0.1, 0.15) is 10.7 Å². The lowest BCUT2D eigenvalue weighted by Crippen LogP contribution is -2.37. The number of nitrogens with zero attached hydrogens (tertiary/aromatic N) is 3. The number of carbonyl (C=O) groups is 1. The molecule has 1 saturated heterocycles. The van der Waals surface area contributed by atoms with Crippen LogP contribution in [0.1, 0.15) is 20.3 Å². The van der Waals surface area contributed by atoms with Crippen LogP contribution in [0.25, 0.3) is 10.7 Å². The van der Waals surface area contributed by atoms with E-state index in [9.17, 15) is 9.00 Å². The van der Waals surface area contributed by atoms with Crippen molar-refractivity contribution in [1.29, 1.82) is 0 Å². The lowest BCUT2D eigenvalue weighted by Gasteiger charge is -2.22. The van der Waals surface area contributed by atoms with Gasteiger partial charge >= 0.3 is 6.03 Å². The van der Waals surface area contributed by atoms with Gasteiger partial charge in [0.2, 0.25) is 0 Å². The first-order valence-electron chi connectivity index (χ1n) is 7.35. The van der Waals surface area contributed by atoms with Gasteiger partial charge in [0.25, 0.3) is 0 Å². The van der Waals surface area contributed by atoms with E-state index < -0.39 is 10.8 Å². The molecule has 23 heavy (non-hydrogen) atoms. The van der Waals surface area contributed by atoms with Crippen LogP contribution >= 0.6 is 11.3 Å². The van der Waals surface area contributed by atoms with Crippen molar-refractivity contribution in [1.82, 2.24) is 20.1 Å². The molecular formula is C14H19N5O2S2. The number of H-pyrrole nitrogens is 1. The van der Waals surface area contributed by atoms with E-state index in [-0.39, 0.29) is 10.8 Å². The Labute approximate surface area is 141 Å². The van der Waals surface area contributed by atoms with Crippen LogP contribution in [0.5, 0.6) is 0 Å². The largest absolute Gasteiger partial charge is 0.324 e. The molecule has 1 aliphatic heterocycles. The summed E-state index contributed by atoms with van der Waals surface area (Å²) >= 11 is 1.47. The molecule has 3 rings (SSSR count). The highest BCUT2D eigenvalue weighted by molar-refractivity contribution is 7.86. The fourth-order valence-electron chi connectivity index (χ4n) is 2.39. The topological polar surface area (TPSA) is 91.0 Å². The summed E-state index contributed by atoms with van der Waals surface area (Å²) < 4.78 is 11.9. The molecule has 2 N–H and O–H groups in total. The van der Waals surface area contributed by atoms with Gasteiger partial charge in [-0.15, -0.1) is 11.3 Å². The minimum Gasteiger partial charge on any atom is -0.324 e. The minimum atomic E-state index is -0.921. The van der Waals surface area contributed by atoms with Crippen molar-refractivity contribution in [2.75, 3.05) is 24.2 Å². The Hall–Kier alpha value is -1.74. The first-order valence-corrected chi connectivity index (χ1v) is 9.55. The first-order chi connectivity index (χ1) is 11.0. The van der Waals surface area contributed by atoms with Crippen molar-refractivity contribution in [2.45, 2.75) is 25.0 Å². The van der Waals surface area contributed by atoms with Gasteiger partial charge in [-0.3, -0.25) is 9.31 Å². The fraction of sp³-hybridized carbons (Fsp3) is 0.500. The number of anilines is 1. The van der Waals surface area contributed by atoms with Crippen molar-refractivity contribution >= 4 is 33.9 Å². The number of rotatable bonds is 2. The third-order valence-electron chi connectivity index (χ3n) is 3.96. The highest BCUT2D eigenvalue weighted by atomic mass is 32.2. The van der Waals surface area contributed by atoms with E-state index in [1.165, 1.54) is 11.3 Å². The maximum Gasteiger partial charge on any atom is 0.321 e. The molecule has 9 heteroatoms. The van der Waals surface area contributed by atoms with Gasteiger partial charge < -0.3 is 10.2 Å². The van der Waals surface area contributed by atoms with E-state index >= 15 is 0 Å². The van der Waals surface area contributed by atoms with Crippen LogP contribution < -0.4 is 5.32 Å². The number of aromatic nitrogens is 3. The third kappa shape index (κ3) is 3.45. The van der Waals surface area contributed by atoms with E-state index in [1.54, 1.807) is 17.3 Å². The van der Waals surface area contributed by atoms with Gasteiger partial charge in [-0.2, -0.15) is 5.10 Å². The summed E-state index contributed by atoms with van der Waals surface area (Å²) in [5.41, 5.74) is 1.31. The molecule has 0 saturated carbocycles. The van der Waals surface area contributed by atoms with Gasteiger partial charge in [0.05, 0.1) is 11.9 Å². The SMILES string of the molecule is CC1(C)CCN(C(=O)Nc2cn[nH]c2-c2nccs2)CCS1=O. The first kappa shape index (κ1) is 16.1. The summed E-state index contributed by atoms with van der Waals surface area (Å²) in [6, 6.07) is -0.195. The average Bonchev–Trinajstić information content (AvgIpc) is 3.14. The lowest BCUT2D eigenvalue weighted by atomic mass is 10.1. The molecule has 3 heterocycles. The minimum absolute atomic E-state index is 0.195. The molecule has 1 fully saturated rings. The van der Waals surface area contributed by atoms with Crippen molar-refractivity contribution in [3.8, 4) is 10.7 Å². The van der Waals surface area contributed by atoms with Crippen LogP contribution in [0.2, 0.25) is 0 Å². The number of hydrogen-bond donors (Lipinski definition) is 2. The Morgan fingerprint density at radius 1 is 1.48 bits per heavy atom. The maximum atomic E-state index is 12.5. The predicted molar refractivity (Wildman–Crippen MR) is 92.0 cm³/mol. The summed E-state index contributed by atoms with van der Waals surface area (Å²) in [6.07, 6.45) is 4.00. The van der Waals surface area contributed by atoms with Gasteiger partial charge in [-0.05, 0) is 20.3 Å². The second-order valence-corrected chi connectivity index (χ2v) is 9.07. The Kier molecular flexibility index (Phi) is 4.49. The van der Waals surface area contributed by atoms with Gasteiger partial charge in [-0.25, -0.2) is 9.78 Å². The molecule has 124 valence electrons. The number of nitrogens with one attached hydrogen (secondary N) is 2. The van der Waals surface area contributed by atoms with Gasteiger partial charge in [0, 0.05) is 46.0 Å². The summed E-state index contributed by atoms with van der Waals surface area (Å²) in [5, 5.41) is 12.4. The molecule has 2 amide bonds. The summed E-state index contributed by atoms with van der Waals surface area (Å²) in [7, 11) is -0.921. The predicted octanol–water partition coefficient (Wildman–Crippen LogP) is 2.30. The van der Waals surface area contributed by atoms with E-state index in [1.807, 2.05) is 19.2 Å². The number of thiazole rings is 1. The number of carbonyl (C=O) groups excluding carboxylic acids is 1.